The van der Waals surface area contributed by atoms with E-state index in [0.29, 0.717) is 6.07 Å². The van der Waals surface area contributed by atoms with Crippen LogP contribution in [0.1, 0.15) is 18.9 Å². The Morgan fingerprint density at radius 3 is 2.49 bits per heavy atom. The lowest BCUT2D eigenvalue weighted by molar-refractivity contribution is -0.153. The van der Waals surface area contributed by atoms with E-state index in [4.69, 9.17) is 25.9 Å². The number of nitrogens with zero attached hydrogens (tertiary/aromatic N) is 1. The number of amides is 1. The van der Waals surface area contributed by atoms with Gasteiger partial charge in [0.2, 0.25) is 10.0 Å². The average Bonchev–Trinajstić information content (AvgIpc) is 2.83. The molecule has 198 valence electrons. The Balaban J connectivity index is 1.95. The molecule has 1 heterocycles. The molecule has 0 unspecified atom stereocenters. The second kappa shape index (κ2) is 10.8. The Hall–Kier alpha value is -3.58. The second-order valence-corrected chi connectivity index (χ2v) is 10.2. The number of fused-ring (bicyclic) bond motifs is 1. The molecule has 9 nitrogen and oxygen atoms in total. The van der Waals surface area contributed by atoms with E-state index in [1.54, 1.807) is 0 Å². The smallest absolute Gasteiger partial charge is 0.416 e. The van der Waals surface area contributed by atoms with E-state index in [1.165, 1.54) is 25.1 Å². The maximum atomic E-state index is 13.3. The van der Waals surface area contributed by atoms with Crippen molar-refractivity contribution in [2.75, 3.05) is 18.9 Å². The van der Waals surface area contributed by atoms with E-state index in [2.05, 4.69) is 0 Å². The van der Waals surface area contributed by atoms with Crippen molar-refractivity contribution < 1.29 is 45.4 Å². The topological polar surface area (TPSA) is 131 Å². The molecule has 0 fully saturated rings. The summed E-state index contributed by atoms with van der Waals surface area (Å²) in [6, 6.07) is 8.02. The summed E-state index contributed by atoms with van der Waals surface area (Å²) < 4.78 is 75.5. The number of carboxylic acid groups (broad SMARTS) is 1. The minimum atomic E-state index is -4.73. The van der Waals surface area contributed by atoms with Gasteiger partial charge in [0.05, 0.1) is 33.9 Å². The lowest BCUT2D eigenvalue weighted by Crippen LogP contribution is -2.42. The summed E-state index contributed by atoms with van der Waals surface area (Å²) in [7, 11) is -4.22. The van der Waals surface area contributed by atoms with Crippen molar-refractivity contribution in [2.24, 2.45) is 0 Å². The summed E-state index contributed by atoms with van der Waals surface area (Å²) in [6.07, 6.45) is -4.98. The third-order valence-corrected chi connectivity index (χ3v) is 7.20. The number of rotatable bonds is 8. The lowest BCUT2D eigenvalue weighted by atomic mass is 10.1. The molecule has 1 N–H and O–H groups in total. The van der Waals surface area contributed by atoms with Gasteiger partial charge in [-0.05, 0) is 37.3 Å². The zero-order valence-corrected chi connectivity index (χ0v) is 20.6. The highest BCUT2D eigenvalue weighted by molar-refractivity contribution is 7.89. The number of ether oxygens (including phenoxy) is 1. The molecule has 0 saturated carbocycles. The van der Waals surface area contributed by atoms with Crippen molar-refractivity contribution >= 4 is 44.5 Å². The normalized spacial score (nSPS) is 11.9. The molecule has 37 heavy (non-hydrogen) atoms. The SMILES string of the molecule is CCS(=O)(=O)N(CCCOc1cc(C(F)(F)F)ccc1-c1cc(=O)c2cccc(Cl)c2o1)C(=O)C(=O)O. The standard InChI is InChI=1S/C23H19ClF3NO8S/c1-2-37(33,34)28(21(30)22(31)32)9-4-10-35-18-11-13(23(25,26)27)7-8-15(18)19-12-17(29)14-5-3-6-16(24)20(14)36-19/h3,5-8,11-12H,2,4,9-10H2,1H3,(H,31,32). The van der Waals surface area contributed by atoms with E-state index in [1.807, 2.05) is 0 Å². The molecule has 2 aromatic carbocycles. The van der Waals surface area contributed by atoms with Crippen molar-refractivity contribution in [3.05, 3.63) is 63.3 Å². The summed E-state index contributed by atoms with van der Waals surface area (Å²) in [6.45, 7) is 0.220. The van der Waals surface area contributed by atoms with Gasteiger partial charge in [-0.15, -0.1) is 0 Å². The molecule has 0 aliphatic heterocycles. The summed E-state index contributed by atoms with van der Waals surface area (Å²) >= 11 is 6.11. The van der Waals surface area contributed by atoms with Gasteiger partial charge in [-0.2, -0.15) is 13.2 Å². The summed E-state index contributed by atoms with van der Waals surface area (Å²) in [4.78, 5) is 35.4. The molecule has 3 aromatic rings. The lowest BCUT2D eigenvalue weighted by Gasteiger charge is -2.20. The van der Waals surface area contributed by atoms with Crippen molar-refractivity contribution in [3.8, 4) is 17.1 Å². The fraction of sp³-hybridized carbons (Fsp3) is 0.261. The van der Waals surface area contributed by atoms with E-state index in [0.717, 1.165) is 18.2 Å². The molecule has 0 aliphatic rings. The first-order valence-electron chi connectivity index (χ1n) is 10.6. The van der Waals surface area contributed by atoms with E-state index in [-0.39, 0.29) is 43.8 Å². The van der Waals surface area contributed by atoms with E-state index in [9.17, 15) is 36.0 Å². The quantitative estimate of drug-likeness (QED) is 0.320. The summed E-state index contributed by atoms with van der Waals surface area (Å²) in [5.74, 6) is -4.68. The fourth-order valence-electron chi connectivity index (χ4n) is 3.32. The maximum Gasteiger partial charge on any atom is 0.416 e. The maximum absolute atomic E-state index is 13.3. The number of halogens is 4. The van der Waals surface area contributed by atoms with Crippen molar-refractivity contribution in [2.45, 2.75) is 19.5 Å². The van der Waals surface area contributed by atoms with Gasteiger partial charge in [0.15, 0.2) is 11.0 Å². The third kappa shape index (κ3) is 6.23. The Bertz CT molecular complexity index is 1520. The van der Waals surface area contributed by atoms with Gasteiger partial charge in [0.25, 0.3) is 0 Å². The van der Waals surface area contributed by atoms with E-state index >= 15 is 0 Å². The van der Waals surface area contributed by atoms with Crippen LogP contribution in [0.4, 0.5) is 13.2 Å². The number of para-hydroxylation sites is 1. The van der Waals surface area contributed by atoms with Gasteiger partial charge >= 0.3 is 18.1 Å². The number of sulfonamides is 1. The minimum absolute atomic E-state index is 0.0186. The Morgan fingerprint density at radius 1 is 1.16 bits per heavy atom. The molecular weight excluding hydrogens is 543 g/mol. The second-order valence-electron chi connectivity index (χ2n) is 7.59. The Kier molecular flexibility index (Phi) is 8.18. The number of aliphatic carboxylic acids is 1. The number of alkyl halides is 3. The minimum Gasteiger partial charge on any atom is -0.493 e. The van der Waals surface area contributed by atoms with Crippen molar-refractivity contribution in [1.29, 1.82) is 0 Å². The molecule has 3 rings (SSSR count). The Labute approximate surface area is 213 Å². The van der Waals surface area contributed by atoms with Crippen LogP contribution in [0.3, 0.4) is 0 Å². The highest BCUT2D eigenvalue weighted by atomic mass is 35.5. The average molecular weight is 562 g/mol. The third-order valence-electron chi connectivity index (χ3n) is 5.15. The zero-order chi connectivity index (χ0) is 27.5. The number of carbonyl (C=O) groups excluding carboxylic acids is 1. The van der Waals surface area contributed by atoms with Crippen molar-refractivity contribution in [3.63, 3.8) is 0 Å². The first-order valence-corrected chi connectivity index (χ1v) is 12.6. The molecular formula is C23H19ClF3NO8S. The van der Waals surface area contributed by atoms with Crippen LogP contribution >= 0.6 is 11.6 Å². The van der Waals surface area contributed by atoms with Crippen LogP contribution in [0.25, 0.3) is 22.3 Å². The number of carboxylic acids is 1. The van der Waals surface area contributed by atoms with Crippen LogP contribution in [0.5, 0.6) is 5.75 Å². The largest absolute Gasteiger partial charge is 0.493 e. The Morgan fingerprint density at radius 2 is 1.86 bits per heavy atom. The van der Waals surface area contributed by atoms with Gasteiger partial charge in [0.1, 0.15) is 11.5 Å². The van der Waals surface area contributed by atoms with Gasteiger partial charge in [-0.1, -0.05) is 17.7 Å². The predicted molar refractivity (Wildman–Crippen MR) is 127 cm³/mol. The van der Waals surface area contributed by atoms with Gasteiger partial charge in [-0.25, -0.2) is 17.5 Å². The number of carbonyl (C=O) groups is 2. The first kappa shape index (κ1) is 28.0. The van der Waals surface area contributed by atoms with Crippen molar-refractivity contribution in [1.82, 2.24) is 4.31 Å². The van der Waals surface area contributed by atoms with Gasteiger partial charge in [0, 0.05) is 19.0 Å². The number of benzene rings is 2. The number of hydrogen-bond acceptors (Lipinski definition) is 7. The molecule has 14 heteroatoms. The molecule has 0 aliphatic carbocycles. The highest BCUT2D eigenvalue weighted by Crippen LogP contribution is 2.38. The molecule has 0 atom stereocenters. The first-order chi connectivity index (χ1) is 17.3. The van der Waals surface area contributed by atoms with Gasteiger partial charge < -0.3 is 14.3 Å². The van der Waals surface area contributed by atoms with Crippen LogP contribution in [0.2, 0.25) is 5.02 Å². The van der Waals surface area contributed by atoms with Gasteiger partial charge in [-0.3, -0.25) is 9.59 Å². The van der Waals surface area contributed by atoms with Crippen LogP contribution in [0.15, 0.2) is 51.7 Å². The summed E-state index contributed by atoms with van der Waals surface area (Å²) in [5.41, 5.74) is -1.57. The molecule has 1 aromatic heterocycles. The van der Waals surface area contributed by atoms with Crippen LogP contribution in [-0.4, -0.2) is 48.6 Å². The monoisotopic (exact) mass is 561 g/mol. The molecule has 0 saturated heterocycles. The number of hydrogen-bond donors (Lipinski definition) is 1. The molecule has 0 radical (unpaired) electrons. The fourth-order valence-corrected chi connectivity index (χ4v) is 4.58. The van der Waals surface area contributed by atoms with Crippen LogP contribution in [-0.2, 0) is 25.8 Å². The van der Waals surface area contributed by atoms with Crippen LogP contribution in [0, 0.1) is 0 Å². The van der Waals surface area contributed by atoms with E-state index < -0.39 is 58.0 Å². The van der Waals surface area contributed by atoms with Crippen LogP contribution < -0.4 is 10.2 Å². The molecule has 0 spiro atoms. The zero-order valence-electron chi connectivity index (χ0n) is 19.0. The molecule has 0 bridgehead atoms. The summed E-state index contributed by atoms with van der Waals surface area (Å²) in [5, 5.41) is 9.15. The predicted octanol–water partition coefficient (Wildman–Crippen LogP) is 4.16. The highest BCUT2D eigenvalue weighted by Gasteiger charge is 2.32. The molecule has 1 amide bonds.